The molecule has 32 heavy (non-hydrogen) atoms. The minimum absolute atomic E-state index is 0.503. The topological polar surface area (TPSA) is 73.5 Å². The number of rotatable bonds is 7. The van der Waals surface area contributed by atoms with Crippen molar-refractivity contribution >= 4 is 23.9 Å². The molecule has 2 N–H and O–H groups in total. The molecule has 0 spiro atoms. The van der Waals surface area contributed by atoms with E-state index < -0.39 is 0 Å². The zero-order valence-electron chi connectivity index (χ0n) is 20.0. The Kier molecular flexibility index (Phi) is 9.90. The lowest BCUT2D eigenvalue weighted by atomic mass is 9.77. The monoisotopic (exact) mass is 440 g/mol. The maximum absolute atomic E-state index is 4.93. The van der Waals surface area contributed by atoms with Gasteiger partial charge in [0.2, 0.25) is 0 Å². The van der Waals surface area contributed by atoms with E-state index in [1.165, 1.54) is 101 Å². The summed E-state index contributed by atoms with van der Waals surface area (Å²) in [4.78, 5) is 0. The van der Waals surface area contributed by atoms with Crippen LogP contribution in [0.4, 0.5) is 0 Å². The first kappa shape index (κ1) is 23.7. The van der Waals surface area contributed by atoms with Gasteiger partial charge < -0.3 is 10.6 Å². The Labute approximate surface area is 194 Å². The smallest absolute Gasteiger partial charge is 0.0897 e. The van der Waals surface area contributed by atoms with Gasteiger partial charge in [0, 0.05) is 24.3 Å². The van der Waals surface area contributed by atoms with Crippen molar-refractivity contribution in [3.8, 4) is 0 Å². The fourth-order valence-electron chi connectivity index (χ4n) is 5.80. The fraction of sp³-hybridized carbons (Fsp3) is 0.846. The van der Waals surface area contributed by atoms with Crippen molar-refractivity contribution in [3.63, 3.8) is 0 Å². The highest BCUT2D eigenvalue weighted by atomic mass is 15.2. The van der Waals surface area contributed by atoms with E-state index in [1.54, 1.807) is 0 Å². The van der Waals surface area contributed by atoms with Gasteiger partial charge in [0.1, 0.15) is 0 Å². The lowest BCUT2D eigenvalue weighted by molar-refractivity contribution is 0.428. The van der Waals surface area contributed by atoms with Crippen LogP contribution in [0.5, 0.6) is 0 Å². The van der Waals surface area contributed by atoms with Gasteiger partial charge in [0.15, 0.2) is 0 Å². The van der Waals surface area contributed by atoms with Gasteiger partial charge in [-0.15, -0.1) is 0 Å². The maximum Gasteiger partial charge on any atom is 0.0897 e. The van der Waals surface area contributed by atoms with E-state index in [-0.39, 0.29) is 0 Å². The summed E-state index contributed by atoms with van der Waals surface area (Å²) < 4.78 is 0. The lowest BCUT2D eigenvalue weighted by Crippen LogP contribution is -2.32. The van der Waals surface area contributed by atoms with Gasteiger partial charge in [-0.25, -0.2) is 0 Å². The average molecular weight is 441 g/mol. The molecule has 0 radical (unpaired) electrons. The molecule has 4 aliphatic rings. The molecule has 2 aliphatic heterocycles. The summed E-state index contributed by atoms with van der Waals surface area (Å²) in [6.45, 7) is 4.37. The Morgan fingerprint density at radius 3 is 1.25 bits per heavy atom. The van der Waals surface area contributed by atoms with Crippen molar-refractivity contribution in [2.75, 3.05) is 26.2 Å². The molecule has 2 saturated heterocycles. The number of piperidine rings is 2. The fourth-order valence-corrected chi connectivity index (χ4v) is 5.80. The molecule has 4 fully saturated rings. The third kappa shape index (κ3) is 7.31. The lowest BCUT2D eigenvalue weighted by Gasteiger charge is -2.28. The van der Waals surface area contributed by atoms with Gasteiger partial charge >= 0.3 is 0 Å². The molecule has 4 rings (SSSR count). The van der Waals surface area contributed by atoms with Crippen LogP contribution in [-0.2, 0) is 0 Å². The summed E-state index contributed by atoms with van der Waals surface area (Å²) in [7, 11) is 0. The van der Waals surface area contributed by atoms with Gasteiger partial charge in [-0.05, 0) is 89.4 Å². The Hall–Kier alpha value is -1.40. The number of nitrogens with zero attached hydrogens (tertiary/aromatic N) is 4. The van der Waals surface area contributed by atoms with E-state index in [2.05, 4.69) is 33.3 Å². The van der Waals surface area contributed by atoms with Crippen molar-refractivity contribution in [3.05, 3.63) is 0 Å². The molecular weight excluding hydrogens is 396 g/mol. The first-order chi connectivity index (χ1) is 15.9. The second kappa shape index (κ2) is 13.3. The van der Waals surface area contributed by atoms with Crippen LogP contribution < -0.4 is 10.6 Å². The summed E-state index contributed by atoms with van der Waals surface area (Å²) in [5, 5.41) is 26.1. The van der Waals surface area contributed by atoms with Gasteiger partial charge in [-0.2, -0.15) is 20.4 Å². The third-order valence-electron chi connectivity index (χ3n) is 7.90. The van der Waals surface area contributed by atoms with Crippen LogP contribution in [0.1, 0.15) is 89.9 Å². The zero-order valence-corrected chi connectivity index (χ0v) is 20.0. The van der Waals surface area contributed by atoms with Crippen LogP contribution in [0.15, 0.2) is 20.4 Å². The second-order valence-electron chi connectivity index (χ2n) is 10.3. The highest BCUT2D eigenvalue weighted by Crippen LogP contribution is 2.31. The van der Waals surface area contributed by atoms with Crippen molar-refractivity contribution in [1.82, 2.24) is 10.6 Å². The maximum atomic E-state index is 4.93. The summed E-state index contributed by atoms with van der Waals surface area (Å²) in [6, 6.07) is 0. The zero-order chi connectivity index (χ0) is 21.8. The summed E-state index contributed by atoms with van der Waals surface area (Å²) in [5.74, 6) is 2.12. The third-order valence-corrected chi connectivity index (χ3v) is 7.90. The summed E-state index contributed by atoms with van der Waals surface area (Å²) >= 11 is 0. The quantitative estimate of drug-likeness (QED) is 0.432. The van der Waals surface area contributed by atoms with E-state index in [0.29, 0.717) is 23.7 Å². The van der Waals surface area contributed by atoms with Crippen LogP contribution in [0.2, 0.25) is 0 Å². The van der Waals surface area contributed by atoms with Crippen LogP contribution in [0, 0.1) is 23.7 Å². The Balaban J connectivity index is 1.56. The van der Waals surface area contributed by atoms with Gasteiger partial charge in [-0.3, -0.25) is 0 Å². The van der Waals surface area contributed by atoms with Crippen LogP contribution in [0.25, 0.3) is 0 Å². The Morgan fingerprint density at radius 1 is 0.500 bits per heavy atom. The molecule has 0 aromatic carbocycles. The van der Waals surface area contributed by atoms with Gasteiger partial charge in [0.25, 0.3) is 0 Å². The Morgan fingerprint density at radius 2 is 0.875 bits per heavy atom. The number of hydrogen-bond donors (Lipinski definition) is 2. The van der Waals surface area contributed by atoms with Crippen molar-refractivity contribution in [2.24, 2.45) is 44.1 Å². The Bertz CT molecular complexity index is 600. The molecule has 2 saturated carbocycles. The minimum atomic E-state index is 0.503. The summed E-state index contributed by atoms with van der Waals surface area (Å²) in [5.41, 5.74) is 2.34. The van der Waals surface area contributed by atoms with Crippen LogP contribution in [0.3, 0.4) is 0 Å². The minimum Gasteiger partial charge on any atom is -0.317 e. The van der Waals surface area contributed by atoms with Crippen LogP contribution in [-0.4, -0.2) is 50.0 Å². The second-order valence-corrected chi connectivity index (χ2v) is 10.3. The van der Waals surface area contributed by atoms with E-state index in [1.807, 2.05) is 0 Å². The molecule has 2 aliphatic carbocycles. The predicted molar refractivity (Wildman–Crippen MR) is 136 cm³/mol. The van der Waals surface area contributed by atoms with E-state index in [4.69, 9.17) is 10.2 Å². The van der Waals surface area contributed by atoms with Gasteiger partial charge in [0.05, 0.1) is 11.4 Å². The molecule has 0 aromatic rings. The van der Waals surface area contributed by atoms with Crippen LogP contribution >= 0.6 is 0 Å². The molecule has 0 atom stereocenters. The molecule has 0 amide bonds. The molecule has 6 heteroatoms. The molecule has 6 nitrogen and oxygen atoms in total. The standard InChI is InChI=1S/C26H44N6/c1-3-7-23(8-4-1)25(31-29-19-21-11-15-27-16-12-21)26(24-9-5-2-6-10-24)32-30-20-22-13-17-28-18-14-22/h19-24,27-28H,1-18H2. The number of hydrogen-bond acceptors (Lipinski definition) is 6. The average Bonchev–Trinajstić information content (AvgIpc) is 2.87. The predicted octanol–water partition coefficient (Wildman–Crippen LogP) is 5.00. The largest absolute Gasteiger partial charge is 0.317 e. The van der Waals surface area contributed by atoms with Crippen molar-refractivity contribution in [1.29, 1.82) is 0 Å². The van der Waals surface area contributed by atoms with E-state index >= 15 is 0 Å². The summed E-state index contributed by atoms with van der Waals surface area (Å²) in [6.07, 6.45) is 21.7. The van der Waals surface area contributed by atoms with E-state index in [9.17, 15) is 0 Å². The molecule has 178 valence electrons. The highest BCUT2D eigenvalue weighted by molar-refractivity contribution is 6.43. The first-order valence-corrected chi connectivity index (χ1v) is 13.5. The van der Waals surface area contributed by atoms with Gasteiger partial charge in [-0.1, -0.05) is 38.5 Å². The molecule has 2 heterocycles. The van der Waals surface area contributed by atoms with Crippen molar-refractivity contribution < 1.29 is 0 Å². The van der Waals surface area contributed by atoms with Crippen molar-refractivity contribution in [2.45, 2.75) is 89.9 Å². The molecule has 0 bridgehead atoms. The highest BCUT2D eigenvalue weighted by Gasteiger charge is 2.30. The normalized spacial score (nSPS) is 27.0. The molecule has 0 unspecified atom stereocenters. The van der Waals surface area contributed by atoms with E-state index in [0.717, 1.165) is 26.2 Å². The SMILES string of the molecule is C(=NN=C(C(=NN=CC1CCNCC1)C1CCCCC1)C1CCCCC1)C1CCNCC1. The number of nitrogens with one attached hydrogen (secondary N) is 2. The first-order valence-electron chi connectivity index (χ1n) is 13.5. The molecule has 0 aromatic heterocycles. The molecular formula is C26H44N6.